The van der Waals surface area contributed by atoms with Crippen LogP contribution in [-0.2, 0) is 16.1 Å². The smallest absolute Gasteiger partial charge is 0.220 e. The molecule has 6 nitrogen and oxygen atoms in total. The Bertz CT molecular complexity index is 707. The van der Waals surface area contributed by atoms with Crippen LogP contribution in [0.5, 0.6) is 0 Å². The summed E-state index contributed by atoms with van der Waals surface area (Å²) < 4.78 is 6.00. The van der Waals surface area contributed by atoms with Gasteiger partial charge in [0.15, 0.2) is 5.66 Å². The van der Waals surface area contributed by atoms with Crippen molar-refractivity contribution in [2.24, 2.45) is 10.2 Å². The molecule has 2 heterocycles. The van der Waals surface area contributed by atoms with Gasteiger partial charge >= 0.3 is 0 Å². The molecule has 150 valence electrons. The molecule has 1 fully saturated rings. The van der Waals surface area contributed by atoms with Crippen molar-refractivity contribution in [2.45, 2.75) is 63.4 Å². The highest BCUT2D eigenvalue weighted by molar-refractivity contribution is 5.76. The number of ether oxygens (including phenoxy) is 1. The van der Waals surface area contributed by atoms with Crippen LogP contribution in [0.1, 0.15) is 44.6 Å². The number of carbonyl (C=O) groups is 1. The first kappa shape index (κ1) is 20.5. The number of nitrogens with one attached hydrogen (secondary N) is 1. The molecule has 1 aromatic carbocycles. The van der Waals surface area contributed by atoms with Gasteiger partial charge in [-0.05, 0) is 12.0 Å². The fourth-order valence-electron chi connectivity index (χ4n) is 3.68. The van der Waals surface area contributed by atoms with Gasteiger partial charge in [-0.3, -0.25) is 9.69 Å². The molecule has 28 heavy (non-hydrogen) atoms. The SMILES string of the molecule is C#CCCC1(CCC(=O)NC(CC)C2CN(Cc3ccccc3)CCO2)N=N1. The van der Waals surface area contributed by atoms with E-state index in [1.54, 1.807) is 0 Å². The Morgan fingerprint density at radius 2 is 2.18 bits per heavy atom. The van der Waals surface area contributed by atoms with Crippen molar-refractivity contribution >= 4 is 5.91 Å². The van der Waals surface area contributed by atoms with E-state index in [2.05, 4.69) is 57.6 Å². The normalized spacial score (nSPS) is 21.6. The zero-order valence-corrected chi connectivity index (χ0v) is 16.6. The van der Waals surface area contributed by atoms with Gasteiger partial charge in [0.25, 0.3) is 0 Å². The van der Waals surface area contributed by atoms with Gasteiger partial charge in [0.1, 0.15) is 0 Å². The summed E-state index contributed by atoms with van der Waals surface area (Å²) in [6, 6.07) is 10.5. The molecule has 2 unspecified atom stereocenters. The highest BCUT2D eigenvalue weighted by atomic mass is 16.5. The van der Waals surface area contributed by atoms with E-state index in [-0.39, 0.29) is 18.1 Å². The van der Waals surface area contributed by atoms with E-state index in [1.807, 2.05) is 6.07 Å². The van der Waals surface area contributed by atoms with Crippen LogP contribution in [-0.4, -0.2) is 48.3 Å². The molecule has 3 rings (SSSR count). The number of hydrogen-bond donors (Lipinski definition) is 1. The van der Waals surface area contributed by atoms with Crippen molar-refractivity contribution in [3.8, 4) is 12.3 Å². The maximum Gasteiger partial charge on any atom is 0.220 e. The van der Waals surface area contributed by atoms with Crippen LogP contribution in [0.3, 0.4) is 0 Å². The number of carbonyl (C=O) groups excluding carboxylic acids is 1. The summed E-state index contributed by atoms with van der Waals surface area (Å²) >= 11 is 0. The molecule has 2 atom stereocenters. The van der Waals surface area contributed by atoms with Crippen LogP contribution >= 0.6 is 0 Å². The maximum atomic E-state index is 12.5. The number of morpholine rings is 1. The largest absolute Gasteiger partial charge is 0.373 e. The van der Waals surface area contributed by atoms with Gasteiger partial charge in [0.2, 0.25) is 5.91 Å². The first-order chi connectivity index (χ1) is 13.6. The third kappa shape index (κ3) is 5.88. The lowest BCUT2D eigenvalue weighted by molar-refractivity contribution is -0.124. The zero-order valence-electron chi connectivity index (χ0n) is 16.6. The number of terminal acetylenes is 1. The maximum absolute atomic E-state index is 12.5. The lowest BCUT2D eigenvalue weighted by atomic mass is 10.0. The average Bonchev–Trinajstić information content (AvgIpc) is 3.50. The molecule has 2 aliphatic heterocycles. The highest BCUT2D eigenvalue weighted by Gasteiger charge is 2.39. The summed E-state index contributed by atoms with van der Waals surface area (Å²) in [5.74, 6) is 2.65. The minimum atomic E-state index is -0.404. The van der Waals surface area contributed by atoms with E-state index >= 15 is 0 Å². The minimum Gasteiger partial charge on any atom is -0.373 e. The molecule has 0 spiro atoms. The first-order valence-electron chi connectivity index (χ1n) is 10.2. The molecule has 0 radical (unpaired) electrons. The van der Waals surface area contributed by atoms with Crippen molar-refractivity contribution in [2.75, 3.05) is 19.7 Å². The second kappa shape index (κ2) is 9.81. The lowest BCUT2D eigenvalue weighted by Crippen LogP contribution is -2.53. The van der Waals surface area contributed by atoms with Crippen LogP contribution in [0, 0.1) is 12.3 Å². The number of hydrogen-bond acceptors (Lipinski definition) is 5. The Kier molecular flexibility index (Phi) is 7.18. The Labute approximate surface area is 167 Å². The molecule has 6 heteroatoms. The molecule has 2 aliphatic rings. The second-order valence-electron chi connectivity index (χ2n) is 7.60. The molecule has 0 aromatic heterocycles. The van der Waals surface area contributed by atoms with Gasteiger partial charge in [-0.25, -0.2) is 0 Å². The van der Waals surface area contributed by atoms with Crippen LogP contribution in [0.25, 0.3) is 0 Å². The summed E-state index contributed by atoms with van der Waals surface area (Å²) in [5, 5.41) is 11.4. The van der Waals surface area contributed by atoms with Crippen LogP contribution in [0.4, 0.5) is 0 Å². The van der Waals surface area contributed by atoms with Crippen LogP contribution in [0.2, 0.25) is 0 Å². The third-order valence-electron chi connectivity index (χ3n) is 5.47. The number of nitrogens with zero attached hydrogens (tertiary/aromatic N) is 3. The Morgan fingerprint density at radius 1 is 1.39 bits per heavy atom. The summed E-state index contributed by atoms with van der Waals surface area (Å²) in [6.45, 7) is 5.42. The van der Waals surface area contributed by atoms with Gasteiger partial charge < -0.3 is 10.1 Å². The van der Waals surface area contributed by atoms with Gasteiger partial charge in [-0.2, -0.15) is 10.2 Å². The fraction of sp³-hybridized carbons (Fsp3) is 0.591. The molecular formula is C22H30N4O2. The second-order valence-corrected chi connectivity index (χ2v) is 7.60. The molecule has 0 aliphatic carbocycles. The lowest BCUT2D eigenvalue weighted by Gasteiger charge is -2.37. The van der Waals surface area contributed by atoms with E-state index in [0.717, 1.165) is 32.5 Å². The monoisotopic (exact) mass is 382 g/mol. The van der Waals surface area contributed by atoms with Gasteiger partial charge in [0, 0.05) is 45.3 Å². The molecule has 1 N–H and O–H groups in total. The van der Waals surface area contributed by atoms with E-state index in [0.29, 0.717) is 25.9 Å². The topological polar surface area (TPSA) is 66.3 Å². The molecule has 1 aromatic rings. The predicted octanol–water partition coefficient (Wildman–Crippen LogP) is 3.14. The van der Waals surface area contributed by atoms with E-state index in [9.17, 15) is 4.79 Å². The van der Waals surface area contributed by atoms with Crippen molar-refractivity contribution < 1.29 is 9.53 Å². The number of rotatable bonds is 10. The number of amides is 1. The van der Waals surface area contributed by atoms with E-state index < -0.39 is 5.66 Å². The quantitative estimate of drug-likeness (QED) is 0.632. The Morgan fingerprint density at radius 3 is 2.86 bits per heavy atom. The molecule has 0 saturated carbocycles. The van der Waals surface area contributed by atoms with Crippen LogP contribution in [0.15, 0.2) is 40.6 Å². The van der Waals surface area contributed by atoms with Crippen molar-refractivity contribution in [3.63, 3.8) is 0 Å². The number of benzene rings is 1. The first-order valence-corrected chi connectivity index (χ1v) is 10.2. The van der Waals surface area contributed by atoms with Gasteiger partial charge in [-0.15, -0.1) is 12.3 Å². The Hall–Kier alpha value is -2.23. The zero-order chi connectivity index (χ0) is 19.8. The minimum absolute atomic E-state index is 0.0112. The average molecular weight is 383 g/mol. The summed E-state index contributed by atoms with van der Waals surface area (Å²) in [4.78, 5) is 14.9. The molecule has 1 saturated heterocycles. The van der Waals surface area contributed by atoms with Gasteiger partial charge in [-0.1, -0.05) is 37.3 Å². The van der Waals surface area contributed by atoms with E-state index in [1.165, 1.54) is 5.56 Å². The van der Waals surface area contributed by atoms with Crippen LogP contribution < -0.4 is 5.32 Å². The van der Waals surface area contributed by atoms with Gasteiger partial charge in [0.05, 0.1) is 18.8 Å². The van der Waals surface area contributed by atoms with Crippen molar-refractivity contribution in [3.05, 3.63) is 35.9 Å². The summed E-state index contributed by atoms with van der Waals surface area (Å²) in [6.07, 6.45) is 8.57. The third-order valence-corrected chi connectivity index (χ3v) is 5.47. The van der Waals surface area contributed by atoms with Crippen molar-refractivity contribution in [1.29, 1.82) is 0 Å². The molecular weight excluding hydrogens is 352 g/mol. The molecule has 1 amide bonds. The Balaban J connectivity index is 1.46. The van der Waals surface area contributed by atoms with E-state index in [4.69, 9.17) is 11.2 Å². The summed E-state index contributed by atoms with van der Waals surface area (Å²) in [7, 11) is 0. The van der Waals surface area contributed by atoms with Crippen molar-refractivity contribution in [1.82, 2.24) is 10.2 Å². The predicted molar refractivity (Wildman–Crippen MR) is 109 cm³/mol. The fourth-order valence-corrected chi connectivity index (χ4v) is 3.68. The standard InChI is InChI=1S/C22H30N4O2/c1-3-5-12-22(24-25-22)13-11-21(27)23-19(4-2)20-17-26(14-15-28-20)16-18-9-7-6-8-10-18/h1,6-10,19-20H,4-5,11-17H2,2H3,(H,23,27). The highest BCUT2D eigenvalue weighted by Crippen LogP contribution is 2.37. The summed E-state index contributed by atoms with van der Waals surface area (Å²) in [5.41, 5.74) is 0.897. The molecule has 0 bridgehead atoms.